The lowest BCUT2D eigenvalue weighted by Gasteiger charge is -2.42. The van der Waals surface area contributed by atoms with Gasteiger partial charge in [-0.05, 0) is 26.8 Å². The summed E-state index contributed by atoms with van der Waals surface area (Å²) >= 11 is 0. The van der Waals surface area contributed by atoms with Gasteiger partial charge in [0.25, 0.3) is 5.91 Å². The Kier molecular flexibility index (Phi) is 4.35. The van der Waals surface area contributed by atoms with Crippen LogP contribution in [-0.4, -0.2) is 59.5 Å². The maximum absolute atomic E-state index is 12.6. The minimum atomic E-state index is -0.383. The van der Waals surface area contributed by atoms with Gasteiger partial charge in [-0.15, -0.1) is 0 Å². The van der Waals surface area contributed by atoms with E-state index in [1.807, 2.05) is 13.8 Å². The molecule has 1 fully saturated rings. The summed E-state index contributed by atoms with van der Waals surface area (Å²) in [5.74, 6) is -0.0325. The monoisotopic (exact) mass is 279 g/mol. The van der Waals surface area contributed by atoms with Crippen LogP contribution in [0.2, 0.25) is 0 Å². The summed E-state index contributed by atoms with van der Waals surface area (Å²) in [6.07, 6.45) is 1.43. The predicted molar refractivity (Wildman–Crippen MR) is 73.5 cm³/mol. The topological polar surface area (TPSA) is 64.5 Å². The number of nitrogens with zero attached hydrogens (tertiary/aromatic N) is 3. The van der Waals surface area contributed by atoms with Crippen molar-refractivity contribution in [1.82, 2.24) is 15.1 Å². The van der Waals surface area contributed by atoms with Gasteiger partial charge in [-0.2, -0.15) is 10.2 Å². The van der Waals surface area contributed by atoms with E-state index in [1.54, 1.807) is 31.2 Å². The number of carbonyl (C=O) groups is 1. The van der Waals surface area contributed by atoms with Gasteiger partial charge >= 0.3 is 0 Å². The van der Waals surface area contributed by atoms with Crippen LogP contribution in [0.5, 0.6) is 0 Å². The van der Waals surface area contributed by atoms with Crippen molar-refractivity contribution in [2.45, 2.75) is 32.5 Å². The van der Waals surface area contributed by atoms with Crippen molar-refractivity contribution in [2.24, 2.45) is 0 Å². The lowest BCUT2D eigenvalue weighted by molar-refractivity contribution is -0.143. The molecule has 0 saturated carbocycles. The van der Waals surface area contributed by atoms with Gasteiger partial charge in [-0.1, -0.05) is 0 Å². The minimum Gasteiger partial charge on any atom is -0.382 e. The second-order valence-electron chi connectivity index (χ2n) is 5.67. The number of hydrogen-bond donors (Lipinski definition) is 0. The number of aryl methyl sites for hydroxylation is 1. The highest BCUT2D eigenvalue weighted by atomic mass is 16.5. The van der Waals surface area contributed by atoms with E-state index >= 15 is 0 Å². The number of rotatable bonds is 3. The van der Waals surface area contributed by atoms with Gasteiger partial charge in [-0.3, -0.25) is 4.79 Å². The normalized spacial score (nSPS) is 21.8. The third kappa shape index (κ3) is 3.32. The fourth-order valence-electron chi connectivity index (χ4n) is 2.52. The Labute approximate surface area is 119 Å². The standard InChI is InChI=1S/C14H21N3O3/c1-10-12(5-6-15-16-10)13(18)17-7-11(8-19-4)20-14(2,3)9-17/h5-6,11H,7-9H2,1-4H3. The van der Waals surface area contributed by atoms with Gasteiger partial charge in [0.1, 0.15) is 0 Å². The molecule has 0 aliphatic carbocycles. The molecule has 1 atom stereocenters. The maximum Gasteiger partial charge on any atom is 0.256 e. The predicted octanol–water partition coefficient (Wildman–Crippen LogP) is 1.05. The lowest BCUT2D eigenvalue weighted by Crippen LogP contribution is -2.55. The van der Waals surface area contributed by atoms with Crippen LogP contribution < -0.4 is 0 Å². The lowest BCUT2D eigenvalue weighted by atomic mass is 10.0. The Morgan fingerprint density at radius 1 is 1.60 bits per heavy atom. The van der Waals surface area contributed by atoms with Crippen molar-refractivity contribution >= 4 is 5.91 Å². The zero-order valence-corrected chi connectivity index (χ0v) is 12.4. The van der Waals surface area contributed by atoms with Crippen LogP contribution in [0.4, 0.5) is 0 Å². The summed E-state index contributed by atoms with van der Waals surface area (Å²) in [4.78, 5) is 14.4. The average Bonchev–Trinajstić information content (AvgIpc) is 2.37. The molecule has 1 aromatic heterocycles. The van der Waals surface area contributed by atoms with E-state index in [0.29, 0.717) is 31.0 Å². The SMILES string of the molecule is COCC1CN(C(=O)c2ccnnc2C)CC(C)(C)O1. The van der Waals surface area contributed by atoms with E-state index < -0.39 is 0 Å². The zero-order chi connectivity index (χ0) is 14.8. The van der Waals surface area contributed by atoms with Crippen molar-refractivity contribution in [1.29, 1.82) is 0 Å². The molecule has 2 heterocycles. The van der Waals surface area contributed by atoms with Crippen molar-refractivity contribution in [3.8, 4) is 0 Å². The zero-order valence-electron chi connectivity index (χ0n) is 12.4. The molecule has 6 nitrogen and oxygen atoms in total. The molecule has 1 aliphatic heterocycles. The fraction of sp³-hybridized carbons (Fsp3) is 0.643. The van der Waals surface area contributed by atoms with Crippen LogP contribution in [0.25, 0.3) is 0 Å². The van der Waals surface area contributed by atoms with E-state index in [4.69, 9.17) is 9.47 Å². The van der Waals surface area contributed by atoms with Crippen LogP contribution in [0.3, 0.4) is 0 Å². The summed E-state index contributed by atoms with van der Waals surface area (Å²) in [6, 6.07) is 1.71. The first-order chi connectivity index (χ1) is 9.43. The molecule has 0 radical (unpaired) electrons. The van der Waals surface area contributed by atoms with Gasteiger partial charge in [-0.25, -0.2) is 0 Å². The highest BCUT2D eigenvalue weighted by molar-refractivity contribution is 5.95. The Morgan fingerprint density at radius 2 is 2.35 bits per heavy atom. The van der Waals surface area contributed by atoms with Gasteiger partial charge in [0.2, 0.25) is 0 Å². The number of hydrogen-bond acceptors (Lipinski definition) is 5. The maximum atomic E-state index is 12.6. The number of aromatic nitrogens is 2. The molecule has 1 saturated heterocycles. The number of carbonyl (C=O) groups excluding carboxylic acids is 1. The smallest absolute Gasteiger partial charge is 0.256 e. The Balaban J connectivity index is 2.18. The van der Waals surface area contributed by atoms with Crippen molar-refractivity contribution in [3.05, 3.63) is 23.5 Å². The van der Waals surface area contributed by atoms with E-state index in [0.717, 1.165) is 0 Å². The molecule has 1 unspecified atom stereocenters. The molecule has 1 aromatic rings. The third-order valence-electron chi connectivity index (χ3n) is 3.26. The largest absolute Gasteiger partial charge is 0.382 e. The van der Waals surface area contributed by atoms with E-state index in [2.05, 4.69) is 10.2 Å². The number of ether oxygens (including phenoxy) is 2. The average molecular weight is 279 g/mol. The summed E-state index contributed by atoms with van der Waals surface area (Å²) < 4.78 is 11.1. The van der Waals surface area contributed by atoms with Gasteiger partial charge in [0, 0.05) is 20.2 Å². The second kappa shape index (κ2) is 5.85. The van der Waals surface area contributed by atoms with Crippen LogP contribution in [0.15, 0.2) is 12.3 Å². The quantitative estimate of drug-likeness (QED) is 0.827. The molecule has 20 heavy (non-hydrogen) atoms. The van der Waals surface area contributed by atoms with E-state index in [1.165, 1.54) is 0 Å². The first kappa shape index (κ1) is 14.9. The number of amides is 1. The number of morpholine rings is 1. The molecule has 0 bridgehead atoms. The third-order valence-corrected chi connectivity index (χ3v) is 3.26. The van der Waals surface area contributed by atoms with Crippen molar-refractivity contribution in [3.63, 3.8) is 0 Å². The molecule has 6 heteroatoms. The highest BCUT2D eigenvalue weighted by Crippen LogP contribution is 2.23. The van der Waals surface area contributed by atoms with Crippen LogP contribution in [-0.2, 0) is 9.47 Å². The number of methoxy groups -OCH3 is 1. The van der Waals surface area contributed by atoms with Gasteiger partial charge in [0.15, 0.2) is 0 Å². The molecule has 2 rings (SSSR count). The minimum absolute atomic E-state index is 0.0325. The van der Waals surface area contributed by atoms with Crippen LogP contribution in [0.1, 0.15) is 29.9 Å². The molecule has 1 aliphatic rings. The first-order valence-corrected chi connectivity index (χ1v) is 6.67. The van der Waals surface area contributed by atoms with Crippen molar-refractivity contribution in [2.75, 3.05) is 26.8 Å². The summed E-state index contributed by atoms with van der Waals surface area (Å²) in [6.45, 7) is 7.30. The van der Waals surface area contributed by atoms with Gasteiger partial charge < -0.3 is 14.4 Å². The Bertz CT molecular complexity index is 490. The van der Waals surface area contributed by atoms with E-state index in [-0.39, 0.29) is 17.6 Å². The van der Waals surface area contributed by atoms with E-state index in [9.17, 15) is 4.79 Å². The summed E-state index contributed by atoms with van der Waals surface area (Å²) in [5, 5.41) is 7.71. The van der Waals surface area contributed by atoms with Crippen LogP contribution >= 0.6 is 0 Å². The highest BCUT2D eigenvalue weighted by Gasteiger charge is 2.36. The molecule has 110 valence electrons. The molecular formula is C14H21N3O3. The van der Waals surface area contributed by atoms with Gasteiger partial charge in [0.05, 0.1) is 35.8 Å². The first-order valence-electron chi connectivity index (χ1n) is 6.67. The summed E-state index contributed by atoms with van der Waals surface area (Å²) in [5.41, 5.74) is 0.852. The summed E-state index contributed by atoms with van der Waals surface area (Å²) in [7, 11) is 1.63. The second-order valence-corrected chi connectivity index (χ2v) is 5.67. The molecule has 0 aromatic carbocycles. The van der Waals surface area contributed by atoms with Crippen LogP contribution in [0, 0.1) is 6.92 Å². The Hall–Kier alpha value is -1.53. The molecular weight excluding hydrogens is 258 g/mol. The fourth-order valence-corrected chi connectivity index (χ4v) is 2.52. The Morgan fingerprint density at radius 3 is 3.00 bits per heavy atom. The molecule has 0 spiro atoms. The molecule has 1 amide bonds. The van der Waals surface area contributed by atoms with Crippen molar-refractivity contribution < 1.29 is 14.3 Å². The molecule has 0 N–H and O–H groups in total.